The number of rotatable bonds is 6. The van der Waals surface area contributed by atoms with Crippen molar-refractivity contribution in [3.63, 3.8) is 0 Å². The summed E-state index contributed by atoms with van der Waals surface area (Å²) in [6, 6.07) is 9.10. The molecule has 0 saturated heterocycles. The van der Waals surface area contributed by atoms with Crippen LogP contribution >= 0.6 is 0 Å². The molecule has 2 fully saturated rings. The summed E-state index contributed by atoms with van der Waals surface area (Å²) in [4.78, 5) is 0. The predicted octanol–water partition coefficient (Wildman–Crippen LogP) is 3.53. The average Bonchev–Trinajstić information content (AvgIpc) is 3.25. The smallest absolute Gasteiger partial charge is 0.120 e. The fourth-order valence-electron chi connectivity index (χ4n) is 2.79. The van der Waals surface area contributed by atoms with Gasteiger partial charge in [0.05, 0.1) is 6.10 Å². The lowest BCUT2D eigenvalue weighted by atomic mass is 9.91. The van der Waals surface area contributed by atoms with Crippen LogP contribution in [0.25, 0.3) is 0 Å². The number of nitrogens with one attached hydrogen (secondary N) is 1. The lowest BCUT2D eigenvalue weighted by molar-refractivity contribution is 0.301. The molecule has 98 valence electrons. The molecule has 2 aliphatic carbocycles. The Morgan fingerprint density at radius 3 is 2.61 bits per heavy atom. The van der Waals surface area contributed by atoms with Crippen LogP contribution in [-0.4, -0.2) is 13.2 Å². The number of ether oxygens (including phenoxy) is 1. The summed E-state index contributed by atoms with van der Waals surface area (Å²) in [6.45, 7) is 2.37. The Balaban J connectivity index is 1.75. The third-order valence-corrected chi connectivity index (χ3v) is 4.25. The molecule has 1 N–H and O–H groups in total. The van der Waals surface area contributed by atoms with Crippen LogP contribution in [0.4, 0.5) is 0 Å². The highest BCUT2D eigenvalue weighted by Crippen LogP contribution is 2.43. The van der Waals surface area contributed by atoms with Gasteiger partial charge in [-0.2, -0.15) is 0 Å². The largest absolute Gasteiger partial charge is 0.490 e. The third kappa shape index (κ3) is 2.69. The van der Waals surface area contributed by atoms with Gasteiger partial charge in [-0.05, 0) is 62.3 Å². The van der Waals surface area contributed by atoms with Crippen molar-refractivity contribution in [3.8, 4) is 5.75 Å². The van der Waals surface area contributed by atoms with E-state index in [1.165, 1.54) is 31.2 Å². The highest BCUT2D eigenvalue weighted by Gasteiger charge is 2.33. The maximum Gasteiger partial charge on any atom is 0.120 e. The van der Waals surface area contributed by atoms with Crippen LogP contribution in [0.5, 0.6) is 5.75 Å². The molecule has 3 rings (SSSR count). The van der Waals surface area contributed by atoms with Crippen molar-refractivity contribution >= 4 is 0 Å². The second kappa shape index (κ2) is 4.93. The van der Waals surface area contributed by atoms with Crippen molar-refractivity contribution in [3.05, 3.63) is 29.8 Å². The minimum Gasteiger partial charge on any atom is -0.490 e. The molecule has 0 heterocycles. The Bertz CT molecular complexity index is 409. The zero-order valence-electron chi connectivity index (χ0n) is 11.4. The van der Waals surface area contributed by atoms with E-state index >= 15 is 0 Å². The van der Waals surface area contributed by atoms with E-state index in [0.29, 0.717) is 18.1 Å². The first-order valence-electron chi connectivity index (χ1n) is 7.22. The minimum absolute atomic E-state index is 0.459. The summed E-state index contributed by atoms with van der Waals surface area (Å²) < 4.78 is 5.89. The van der Waals surface area contributed by atoms with Gasteiger partial charge in [-0.25, -0.2) is 0 Å². The van der Waals surface area contributed by atoms with Crippen LogP contribution < -0.4 is 10.1 Å². The van der Waals surface area contributed by atoms with E-state index in [4.69, 9.17) is 4.74 Å². The molecule has 0 amide bonds. The standard InChI is InChI=1S/C16H23NO/c1-11(12-6-7-12)16(17-2)13-4-3-5-15(10-13)18-14-8-9-14/h3-5,10-12,14,16-17H,6-9H2,1-2H3. The molecule has 0 radical (unpaired) electrons. The molecule has 0 aliphatic heterocycles. The molecule has 18 heavy (non-hydrogen) atoms. The minimum atomic E-state index is 0.459. The molecule has 2 atom stereocenters. The summed E-state index contributed by atoms with van der Waals surface area (Å²) >= 11 is 0. The Hall–Kier alpha value is -1.02. The maximum atomic E-state index is 5.89. The van der Waals surface area contributed by atoms with Gasteiger partial charge in [0, 0.05) is 6.04 Å². The Morgan fingerprint density at radius 2 is 2.00 bits per heavy atom. The molecule has 0 bridgehead atoms. The van der Waals surface area contributed by atoms with Crippen LogP contribution in [0.3, 0.4) is 0 Å². The van der Waals surface area contributed by atoms with Crippen LogP contribution in [0.15, 0.2) is 24.3 Å². The van der Waals surface area contributed by atoms with Gasteiger partial charge in [-0.3, -0.25) is 0 Å². The van der Waals surface area contributed by atoms with Gasteiger partial charge in [-0.1, -0.05) is 19.1 Å². The quantitative estimate of drug-likeness (QED) is 0.827. The van der Waals surface area contributed by atoms with E-state index < -0.39 is 0 Å². The molecule has 2 aliphatic rings. The second-order valence-corrected chi connectivity index (χ2v) is 5.85. The summed E-state index contributed by atoms with van der Waals surface area (Å²) in [6.07, 6.45) is 5.72. The van der Waals surface area contributed by atoms with Crippen molar-refractivity contribution in [2.45, 2.75) is 44.8 Å². The molecule has 2 heteroatoms. The zero-order valence-corrected chi connectivity index (χ0v) is 11.4. The molecule has 2 nitrogen and oxygen atoms in total. The van der Waals surface area contributed by atoms with E-state index in [1.54, 1.807) is 0 Å². The van der Waals surface area contributed by atoms with Gasteiger partial charge < -0.3 is 10.1 Å². The molecule has 0 aromatic heterocycles. The lowest BCUT2D eigenvalue weighted by Crippen LogP contribution is -2.24. The average molecular weight is 245 g/mol. The van der Waals surface area contributed by atoms with Crippen molar-refractivity contribution in [2.75, 3.05) is 7.05 Å². The van der Waals surface area contributed by atoms with E-state index in [0.717, 1.165) is 11.7 Å². The second-order valence-electron chi connectivity index (χ2n) is 5.85. The first-order chi connectivity index (χ1) is 8.78. The third-order valence-electron chi connectivity index (χ3n) is 4.25. The van der Waals surface area contributed by atoms with Gasteiger partial charge in [0.15, 0.2) is 0 Å². The van der Waals surface area contributed by atoms with Crippen LogP contribution in [0.1, 0.15) is 44.2 Å². The number of hydrogen-bond donors (Lipinski definition) is 1. The molecule has 1 aromatic carbocycles. The molecule has 2 unspecified atom stereocenters. The van der Waals surface area contributed by atoms with E-state index in [9.17, 15) is 0 Å². The summed E-state index contributed by atoms with van der Waals surface area (Å²) in [5.74, 6) is 2.67. The fourth-order valence-corrected chi connectivity index (χ4v) is 2.79. The van der Waals surface area contributed by atoms with E-state index in [2.05, 4.69) is 43.6 Å². The first-order valence-corrected chi connectivity index (χ1v) is 7.22. The predicted molar refractivity (Wildman–Crippen MR) is 73.8 cm³/mol. The first kappa shape index (κ1) is 12.0. The number of benzene rings is 1. The molecular formula is C16H23NO. The van der Waals surface area contributed by atoms with Crippen molar-refractivity contribution in [1.29, 1.82) is 0 Å². The van der Waals surface area contributed by atoms with Gasteiger partial charge in [-0.15, -0.1) is 0 Å². The summed E-state index contributed by atoms with van der Waals surface area (Å²) in [7, 11) is 2.07. The zero-order chi connectivity index (χ0) is 12.5. The highest BCUT2D eigenvalue weighted by molar-refractivity contribution is 5.31. The monoisotopic (exact) mass is 245 g/mol. The fraction of sp³-hybridized carbons (Fsp3) is 0.625. The van der Waals surface area contributed by atoms with Crippen LogP contribution in [0, 0.1) is 11.8 Å². The highest BCUT2D eigenvalue weighted by atomic mass is 16.5. The topological polar surface area (TPSA) is 21.3 Å². The normalized spacial score (nSPS) is 22.6. The number of hydrogen-bond acceptors (Lipinski definition) is 2. The van der Waals surface area contributed by atoms with Crippen molar-refractivity contribution < 1.29 is 4.74 Å². The van der Waals surface area contributed by atoms with E-state index in [1.807, 2.05) is 0 Å². The van der Waals surface area contributed by atoms with Crippen LogP contribution in [-0.2, 0) is 0 Å². The molecule has 2 saturated carbocycles. The van der Waals surface area contributed by atoms with Gasteiger partial charge in [0.2, 0.25) is 0 Å². The van der Waals surface area contributed by atoms with Gasteiger partial charge >= 0.3 is 0 Å². The maximum absolute atomic E-state index is 5.89. The SMILES string of the molecule is CNC(c1cccc(OC2CC2)c1)C(C)C1CC1. The Kier molecular flexibility index (Phi) is 3.29. The Morgan fingerprint density at radius 1 is 1.22 bits per heavy atom. The Labute approximate surface area is 110 Å². The summed E-state index contributed by atoms with van der Waals surface area (Å²) in [5.41, 5.74) is 1.37. The van der Waals surface area contributed by atoms with Crippen molar-refractivity contribution in [1.82, 2.24) is 5.32 Å². The van der Waals surface area contributed by atoms with E-state index in [-0.39, 0.29) is 0 Å². The molecule has 1 aromatic rings. The molecule has 0 spiro atoms. The van der Waals surface area contributed by atoms with Crippen molar-refractivity contribution in [2.24, 2.45) is 11.8 Å². The van der Waals surface area contributed by atoms with Gasteiger partial charge in [0.1, 0.15) is 5.75 Å². The lowest BCUT2D eigenvalue weighted by Gasteiger charge is -2.24. The summed E-state index contributed by atoms with van der Waals surface area (Å²) in [5, 5.41) is 3.48. The molecular weight excluding hydrogens is 222 g/mol. The van der Waals surface area contributed by atoms with Gasteiger partial charge in [0.25, 0.3) is 0 Å². The van der Waals surface area contributed by atoms with Crippen LogP contribution in [0.2, 0.25) is 0 Å².